The fraction of sp³-hybridized carbons (Fsp3) is 0.222. The highest BCUT2D eigenvalue weighted by Crippen LogP contribution is 2.36. The van der Waals surface area contributed by atoms with E-state index in [1.807, 2.05) is 6.07 Å². The third-order valence-corrected chi connectivity index (χ3v) is 3.83. The molecule has 0 fully saturated rings. The van der Waals surface area contributed by atoms with Crippen LogP contribution in [0, 0.1) is 11.3 Å². The quantitative estimate of drug-likeness (QED) is 0.796. The Labute approximate surface area is 158 Å². The van der Waals surface area contributed by atoms with E-state index in [9.17, 15) is 18.0 Å². The number of ether oxygens (including phenoxy) is 2. The number of alkyl halides is 3. The zero-order valence-electron chi connectivity index (χ0n) is 14.2. The Morgan fingerprint density at radius 2 is 1.93 bits per heavy atom. The number of benzene rings is 2. The van der Waals surface area contributed by atoms with Crippen LogP contribution in [0.25, 0.3) is 0 Å². The van der Waals surface area contributed by atoms with Gasteiger partial charge >= 0.3 is 6.18 Å². The number of carbonyl (C=O) groups is 1. The Morgan fingerprint density at radius 1 is 1.22 bits per heavy atom. The van der Waals surface area contributed by atoms with Crippen molar-refractivity contribution in [3.05, 3.63) is 52.5 Å². The number of nitrogens with one attached hydrogen (secondary N) is 1. The summed E-state index contributed by atoms with van der Waals surface area (Å²) in [5.41, 5.74) is -0.777. The fourth-order valence-electron chi connectivity index (χ4n) is 2.14. The molecule has 0 aliphatic carbocycles. The third kappa shape index (κ3) is 5.05. The molecule has 0 aromatic heterocycles. The number of amides is 1. The number of anilines is 1. The zero-order valence-corrected chi connectivity index (χ0v) is 15.0. The predicted molar refractivity (Wildman–Crippen MR) is 92.9 cm³/mol. The summed E-state index contributed by atoms with van der Waals surface area (Å²) in [6, 6.07) is 9.38. The van der Waals surface area contributed by atoms with Gasteiger partial charge in [-0.25, -0.2) is 0 Å². The first-order valence-corrected chi connectivity index (χ1v) is 7.96. The minimum atomic E-state index is -4.64. The van der Waals surface area contributed by atoms with E-state index in [2.05, 4.69) is 5.32 Å². The minimum Gasteiger partial charge on any atom is -0.493 e. The molecular weight excluding hydrogens is 385 g/mol. The van der Waals surface area contributed by atoms with E-state index >= 15 is 0 Å². The summed E-state index contributed by atoms with van der Waals surface area (Å²) >= 11 is 5.55. The van der Waals surface area contributed by atoms with Crippen molar-refractivity contribution in [3.8, 4) is 17.6 Å². The molecule has 0 aliphatic heterocycles. The summed E-state index contributed by atoms with van der Waals surface area (Å²) in [6.45, 7) is 1.42. The van der Waals surface area contributed by atoms with Crippen molar-refractivity contribution in [3.63, 3.8) is 0 Å². The van der Waals surface area contributed by atoms with Crippen molar-refractivity contribution < 1.29 is 27.4 Å². The van der Waals surface area contributed by atoms with E-state index in [4.69, 9.17) is 26.3 Å². The predicted octanol–water partition coefficient (Wildman–Crippen LogP) is 4.65. The SMILES string of the molecule is COc1cc(C#N)ccc1OC(C)C(=O)Nc1ccc(Cl)c(C(F)(F)F)c1. The molecule has 0 aliphatic rings. The third-order valence-electron chi connectivity index (χ3n) is 3.50. The monoisotopic (exact) mass is 398 g/mol. The van der Waals surface area contributed by atoms with Crippen LogP contribution >= 0.6 is 11.6 Å². The van der Waals surface area contributed by atoms with Gasteiger partial charge in [0.2, 0.25) is 0 Å². The maximum atomic E-state index is 12.9. The number of nitriles is 1. The van der Waals surface area contributed by atoms with Crippen molar-refractivity contribution >= 4 is 23.2 Å². The lowest BCUT2D eigenvalue weighted by Gasteiger charge is -2.17. The average molecular weight is 399 g/mol. The Balaban J connectivity index is 2.14. The molecule has 1 amide bonds. The summed E-state index contributed by atoms with van der Waals surface area (Å²) in [5.74, 6) is -0.206. The van der Waals surface area contributed by atoms with Gasteiger partial charge in [0.25, 0.3) is 5.91 Å². The molecule has 9 heteroatoms. The molecule has 0 heterocycles. The fourth-order valence-corrected chi connectivity index (χ4v) is 2.37. The number of hydrogen-bond donors (Lipinski definition) is 1. The van der Waals surface area contributed by atoms with E-state index < -0.39 is 28.8 Å². The lowest BCUT2D eigenvalue weighted by Crippen LogP contribution is -2.30. The standard InChI is InChI=1S/C18H14ClF3N2O3/c1-10(27-15-6-3-11(9-23)7-16(15)26-2)17(25)24-12-4-5-14(19)13(8-12)18(20,21)22/h3-8,10H,1-2H3,(H,24,25). The van der Waals surface area contributed by atoms with Crippen LogP contribution in [0.1, 0.15) is 18.1 Å². The van der Waals surface area contributed by atoms with E-state index in [1.165, 1.54) is 38.3 Å². The Bertz CT molecular complexity index is 894. The van der Waals surface area contributed by atoms with Gasteiger partial charge in [-0.3, -0.25) is 4.79 Å². The Morgan fingerprint density at radius 3 is 2.52 bits per heavy atom. The Kier molecular flexibility index (Phi) is 6.18. The normalized spacial score (nSPS) is 12.0. The number of halogens is 4. The summed E-state index contributed by atoms with van der Waals surface area (Å²) in [6.07, 6.45) is -5.69. The molecule has 1 atom stereocenters. The van der Waals surface area contributed by atoms with Crippen LogP contribution in [-0.4, -0.2) is 19.1 Å². The number of methoxy groups -OCH3 is 1. The summed E-state index contributed by atoms with van der Waals surface area (Å²) in [7, 11) is 1.38. The highest BCUT2D eigenvalue weighted by atomic mass is 35.5. The van der Waals surface area contributed by atoms with Gasteiger partial charge in [-0.05, 0) is 37.3 Å². The molecule has 5 nitrogen and oxygen atoms in total. The second kappa shape index (κ2) is 8.18. The first kappa shape index (κ1) is 20.4. The van der Waals surface area contributed by atoms with Crippen LogP contribution in [0.4, 0.5) is 18.9 Å². The molecule has 0 spiro atoms. The highest BCUT2D eigenvalue weighted by molar-refractivity contribution is 6.31. The number of rotatable bonds is 5. The molecule has 2 rings (SSSR count). The van der Waals surface area contributed by atoms with E-state index in [-0.39, 0.29) is 17.2 Å². The van der Waals surface area contributed by atoms with Crippen molar-refractivity contribution in [2.75, 3.05) is 12.4 Å². The van der Waals surface area contributed by atoms with Crippen LogP contribution in [0.2, 0.25) is 5.02 Å². The second-order valence-corrected chi connectivity index (χ2v) is 5.83. The molecule has 2 aromatic rings. The summed E-state index contributed by atoms with van der Waals surface area (Å²) in [4.78, 5) is 12.2. The van der Waals surface area contributed by atoms with Crippen LogP contribution in [-0.2, 0) is 11.0 Å². The molecule has 0 radical (unpaired) electrons. The first-order chi connectivity index (χ1) is 12.7. The zero-order chi connectivity index (χ0) is 20.2. The molecule has 2 aromatic carbocycles. The highest BCUT2D eigenvalue weighted by Gasteiger charge is 2.33. The maximum Gasteiger partial charge on any atom is 0.417 e. The van der Waals surface area contributed by atoms with Gasteiger partial charge in [-0.1, -0.05) is 11.6 Å². The van der Waals surface area contributed by atoms with Gasteiger partial charge in [0.15, 0.2) is 17.6 Å². The van der Waals surface area contributed by atoms with Crippen molar-refractivity contribution in [1.29, 1.82) is 5.26 Å². The largest absolute Gasteiger partial charge is 0.493 e. The molecule has 0 saturated heterocycles. The molecule has 0 saturated carbocycles. The smallest absolute Gasteiger partial charge is 0.417 e. The first-order valence-electron chi connectivity index (χ1n) is 7.58. The summed E-state index contributed by atoms with van der Waals surface area (Å²) in [5, 5.41) is 10.8. The van der Waals surface area contributed by atoms with E-state index in [0.29, 0.717) is 5.56 Å². The molecule has 0 bridgehead atoms. The van der Waals surface area contributed by atoms with Gasteiger partial charge in [0.1, 0.15) is 0 Å². The van der Waals surface area contributed by atoms with Crippen molar-refractivity contribution in [2.24, 2.45) is 0 Å². The Hall–Kier alpha value is -2.92. The van der Waals surface area contributed by atoms with Crippen molar-refractivity contribution in [1.82, 2.24) is 0 Å². The van der Waals surface area contributed by atoms with Crippen LogP contribution < -0.4 is 14.8 Å². The van der Waals surface area contributed by atoms with Gasteiger partial charge in [-0.15, -0.1) is 0 Å². The van der Waals surface area contributed by atoms with Gasteiger partial charge in [0, 0.05) is 11.8 Å². The molecule has 1 unspecified atom stereocenters. The molecule has 1 N–H and O–H groups in total. The lowest BCUT2D eigenvalue weighted by atomic mass is 10.2. The number of carbonyl (C=O) groups excluding carboxylic acids is 1. The van der Waals surface area contributed by atoms with Crippen molar-refractivity contribution in [2.45, 2.75) is 19.2 Å². The van der Waals surface area contributed by atoms with E-state index in [0.717, 1.165) is 12.1 Å². The summed E-state index contributed by atoms with van der Waals surface area (Å²) < 4.78 is 49.3. The van der Waals surface area contributed by atoms with Gasteiger partial charge in [-0.2, -0.15) is 18.4 Å². The minimum absolute atomic E-state index is 0.0704. The molecule has 142 valence electrons. The van der Waals surface area contributed by atoms with Crippen LogP contribution in [0.15, 0.2) is 36.4 Å². The molecular formula is C18H14ClF3N2O3. The van der Waals surface area contributed by atoms with Crippen LogP contribution in [0.3, 0.4) is 0 Å². The topological polar surface area (TPSA) is 71.3 Å². The lowest BCUT2D eigenvalue weighted by molar-refractivity contribution is -0.137. The second-order valence-electron chi connectivity index (χ2n) is 5.42. The maximum absolute atomic E-state index is 12.9. The number of hydrogen-bond acceptors (Lipinski definition) is 4. The molecule has 27 heavy (non-hydrogen) atoms. The van der Waals surface area contributed by atoms with E-state index in [1.54, 1.807) is 0 Å². The van der Waals surface area contributed by atoms with Gasteiger partial charge in [0.05, 0.1) is 29.3 Å². The average Bonchev–Trinajstić information content (AvgIpc) is 2.62. The van der Waals surface area contributed by atoms with Gasteiger partial charge < -0.3 is 14.8 Å². The number of nitrogens with zero attached hydrogens (tertiary/aromatic N) is 1. The van der Waals surface area contributed by atoms with Crippen LogP contribution in [0.5, 0.6) is 11.5 Å².